The summed E-state index contributed by atoms with van der Waals surface area (Å²) in [7, 11) is -0.298. The number of rotatable bonds is 3. The van der Waals surface area contributed by atoms with E-state index in [1.165, 1.54) is 32.4 Å². The Kier molecular flexibility index (Phi) is 4.32. The maximum Gasteiger partial charge on any atom is 0.494 e. The van der Waals surface area contributed by atoms with Gasteiger partial charge >= 0.3 is 7.12 Å². The second-order valence-electron chi connectivity index (χ2n) is 7.51. The van der Waals surface area contributed by atoms with Crippen LogP contribution in [0.15, 0.2) is 18.3 Å². The zero-order valence-electron chi connectivity index (χ0n) is 14.3. The summed E-state index contributed by atoms with van der Waals surface area (Å²) in [6.07, 6.45) is 5.84. The molecule has 0 bridgehead atoms. The molecule has 2 saturated heterocycles. The molecule has 1 aromatic rings. The monoisotopic (exact) mass is 302 g/mol. The predicted molar refractivity (Wildman–Crippen MR) is 89.1 cm³/mol. The average molecular weight is 302 g/mol. The summed E-state index contributed by atoms with van der Waals surface area (Å²) in [5, 5.41) is 0. The van der Waals surface area contributed by atoms with Crippen LogP contribution in [0.3, 0.4) is 0 Å². The Labute approximate surface area is 134 Å². The quantitative estimate of drug-likeness (QED) is 0.803. The van der Waals surface area contributed by atoms with Gasteiger partial charge in [-0.05, 0) is 71.2 Å². The smallest absolute Gasteiger partial charge is 0.399 e. The van der Waals surface area contributed by atoms with Crippen LogP contribution in [0.2, 0.25) is 0 Å². The van der Waals surface area contributed by atoms with Crippen molar-refractivity contribution in [1.29, 1.82) is 0 Å². The summed E-state index contributed by atoms with van der Waals surface area (Å²) < 4.78 is 12.3. The Balaban J connectivity index is 1.72. The minimum Gasteiger partial charge on any atom is -0.399 e. The van der Waals surface area contributed by atoms with Crippen LogP contribution < -0.4 is 5.46 Å². The summed E-state index contributed by atoms with van der Waals surface area (Å²) in [5.74, 6) is 0. The van der Waals surface area contributed by atoms with Gasteiger partial charge in [0.05, 0.1) is 16.9 Å². The molecule has 3 rings (SSSR count). The van der Waals surface area contributed by atoms with E-state index in [0.717, 1.165) is 17.7 Å². The van der Waals surface area contributed by atoms with E-state index >= 15 is 0 Å². The number of hydrogen-bond donors (Lipinski definition) is 0. The summed E-state index contributed by atoms with van der Waals surface area (Å²) in [4.78, 5) is 7.01. The molecular weight excluding hydrogens is 275 g/mol. The molecule has 0 unspecified atom stereocenters. The molecule has 0 aliphatic carbocycles. The second kappa shape index (κ2) is 5.95. The molecule has 2 aliphatic rings. The van der Waals surface area contributed by atoms with E-state index in [0.29, 0.717) is 0 Å². The fourth-order valence-corrected chi connectivity index (χ4v) is 3.06. The van der Waals surface area contributed by atoms with Gasteiger partial charge in [0.2, 0.25) is 0 Å². The second-order valence-corrected chi connectivity index (χ2v) is 7.51. The van der Waals surface area contributed by atoms with E-state index in [9.17, 15) is 0 Å². The zero-order chi connectivity index (χ0) is 15.8. The first-order valence-corrected chi connectivity index (χ1v) is 8.40. The predicted octanol–water partition coefficient (Wildman–Crippen LogP) is 2.37. The maximum absolute atomic E-state index is 6.13. The van der Waals surface area contributed by atoms with Crippen molar-refractivity contribution in [2.75, 3.05) is 13.1 Å². The molecule has 0 N–H and O–H groups in total. The topological polar surface area (TPSA) is 34.6 Å². The number of aromatic nitrogens is 1. The van der Waals surface area contributed by atoms with Gasteiger partial charge in [-0.25, -0.2) is 0 Å². The van der Waals surface area contributed by atoms with Crippen LogP contribution in [-0.4, -0.2) is 41.3 Å². The molecule has 0 spiro atoms. The van der Waals surface area contributed by atoms with Crippen LogP contribution in [-0.2, 0) is 15.9 Å². The number of nitrogens with zero attached hydrogens (tertiary/aromatic N) is 2. The van der Waals surface area contributed by atoms with Crippen LogP contribution in [0.1, 0.15) is 52.7 Å². The SMILES string of the molecule is CC1(C)OB(c2ccnc(CN3CCCCC3)c2)OC1(C)C. The number of piperidine rings is 1. The average Bonchev–Trinajstić information content (AvgIpc) is 2.69. The summed E-state index contributed by atoms with van der Waals surface area (Å²) in [5.41, 5.74) is 1.58. The summed E-state index contributed by atoms with van der Waals surface area (Å²) >= 11 is 0. The van der Waals surface area contributed by atoms with E-state index in [1.807, 2.05) is 12.3 Å². The van der Waals surface area contributed by atoms with Crippen molar-refractivity contribution < 1.29 is 9.31 Å². The highest BCUT2D eigenvalue weighted by atomic mass is 16.7. The van der Waals surface area contributed by atoms with Crippen molar-refractivity contribution in [3.05, 3.63) is 24.0 Å². The lowest BCUT2D eigenvalue weighted by molar-refractivity contribution is 0.00578. The molecule has 120 valence electrons. The Bertz CT molecular complexity index is 511. The highest BCUT2D eigenvalue weighted by Gasteiger charge is 2.51. The molecular formula is C17H27BN2O2. The third kappa shape index (κ3) is 3.22. The Morgan fingerprint density at radius 2 is 1.73 bits per heavy atom. The van der Waals surface area contributed by atoms with Crippen LogP contribution in [0, 0.1) is 0 Å². The zero-order valence-corrected chi connectivity index (χ0v) is 14.3. The van der Waals surface area contributed by atoms with Gasteiger partial charge in [0, 0.05) is 12.7 Å². The first-order valence-electron chi connectivity index (χ1n) is 8.40. The molecule has 4 nitrogen and oxygen atoms in total. The third-order valence-corrected chi connectivity index (χ3v) is 5.20. The molecule has 0 aromatic carbocycles. The Hall–Kier alpha value is -0.905. The lowest BCUT2D eigenvalue weighted by Crippen LogP contribution is -2.41. The Morgan fingerprint density at radius 1 is 1.09 bits per heavy atom. The normalized spacial score (nSPS) is 24.6. The molecule has 0 radical (unpaired) electrons. The molecule has 1 aromatic heterocycles. The molecule has 22 heavy (non-hydrogen) atoms. The standard InChI is InChI=1S/C17H27BN2O2/c1-16(2)17(3,4)22-18(21-16)14-8-9-19-15(12-14)13-20-10-6-5-7-11-20/h8-9,12H,5-7,10-11,13H2,1-4H3. The first-order chi connectivity index (χ1) is 10.4. The van der Waals surface area contributed by atoms with E-state index in [-0.39, 0.29) is 18.3 Å². The van der Waals surface area contributed by atoms with Gasteiger partial charge < -0.3 is 9.31 Å². The fourth-order valence-electron chi connectivity index (χ4n) is 3.06. The minimum absolute atomic E-state index is 0.298. The Morgan fingerprint density at radius 3 is 2.36 bits per heavy atom. The molecule has 2 aliphatic heterocycles. The summed E-state index contributed by atoms with van der Waals surface area (Å²) in [6.45, 7) is 11.6. The van der Waals surface area contributed by atoms with Gasteiger partial charge in [-0.15, -0.1) is 0 Å². The molecule has 3 heterocycles. The molecule has 0 saturated carbocycles. The van der Waals surface area contributed by atoms with Gasteiger partial charge in [-0.1, -0.05) is 6.42 Å². The van der Waals surface area contributed by atoms with Crippen molar-refractivity contribution in [1.82, 2.24) is 9.88 Å². The fraction of sp³-hybridized carbons (Fsp3) is 0.706. The molecule has 0 amide bonds. The first kappa shape index (κ1) is 16.0. The minimum atomic E-state index is -0.298. The van der Waals surface area contributed by atoms with Crippen molar-refractivity contribution in [3.63, 3.8) is 0 Å². The number of likely N-dealkylation sites (tertiary alicyclic amines) is 1. The van der Waals surface area contributed by atoms with Crippen LogP contribution in [0.5, 0.6) is 0 Å². The van der Waals surface area contributed by atoms with Gasteiger partial charge in [0.1, 0.15) is 0 Å². The van der Waals surface area contributed by atoms with Gasteiger partial charge in [-0.3, -0.25) is 9.88 Å². The van der Waals surface area contributed by atoms with Crippen molar-refractivity contribution in [2.45, 2.75) is 64.7 Å². The lowest BCUT2D eigenvalue weighted by Gasteiger charge is -2.32. The van der Waals surface area contributed by atoms with E-state index in [4.69, 9.17) is 9.31 Å². The van der Waals surface area contributed by atoms with E-state index < -0.39 is 0 Å². The maximum atomic E-state index is 6.13. The highest BCUT2D eigenvalue weighted by molar-refractivity contribution is 6.62. The molecule has 5 heteroatoms. The van der Waals surface area contributed by atoms with Crippen molar-refractivity contribution >= 4 is 12.6 Å². The van der Waals surface area contributed by atoms with Crippen molar-refractivity contribution in [2.24, 2.45) is 0 Å². The van der Waals surface area contributed by atoms with Crippen LogP contribution >= 0.6 is 0 Å². The van der Waals surface area contributed by atoms with Gasteiger partial charge in [0.25, 0.3) is 0 Å². The van der Waals surface area contributed by atoms with Crippen LogP contribution in [0.25, 0.3) is 0 Å². The lowest BCUT2D eigenvalue weighted by atomic mass is 9.79. The summed E-state index contributed by atoms with van der Waals surface area (Å²) in [6, 6.07) is 4.14. The van der Waals surface area contributed by atoms with Crippen molar-refractivity contribution in [3.8, 4) is 0 Å². The van der Waals surface area contributed by atoms with E-state index in [2.05, 4.69) is 43.6 Å². The number of hydrogen-bond acceptors (Lipinski definition) is 4. The number of pyridine rings is 1. The highest BCUT2D eigenvalue weighted by Crippen LogP contribution is 2.36. The van der Waals surface area contributed by atoms with Crippen LogP contribution in [0.4, 0.5) is 0 Å². The third-order valence-electron chi connectivity index (χ3n) is 5.20. The van der Waals surface area contributed by atoms with E-state index in [1.54, 1.807) is 0 Å². The molecule has 2 fully saturated rings. The molecule has 0 atom stereocenters. The largest absolute Gasteiger partial charge is 0.494 e. The van der Waals surface area contributed by atoms with Gasteiger partial charge in [0.15, 0.2) is 0 Å². The van der Waals surface area contributed by atoms with Gasteiger partial charge in [-0.2, -0.15) is 0 Å².